The van der Waals surface area contributed by atoms with Crippen LogP contribution in [0.3, 0.4) is 0 Å². The second-order valence-electron chi connectivity index (χ2n) is 5.98. The van der Waals surface area contributed by atoms with Crippen LogP contribution in [0, 0.1) is 25.2 Å². The van der Waals surface area contributed by atoms with E-state index in [9.17, 15) is 13.2 Å². The number of terminal acetylenes is 1. The van der Waals surface area contributed by atoms with E-state index >= 15 is 0 Å². The Balaban J connectivity index is 1.90. The minimum Gasteiger partial charge on any atom is -0.327 e. The largest absolute Gasteiger partial charge is 0.327 e. The average molecular weight is 349 g/mol. The third kappa shape index (κ3) is 4.98. The normalized spacial score (nSPS) is 18.0. The van der Waals surface area contributed by atoms with Gasteiger partial charge in [-0.1, -0.05) is 23.6 Å². The third-order valence-corrected chi connectivity index (χ3v) is 5.48. The van der Waals surface area contributed by atoms with E-state index in [1.807, 2.05) is 6.92 Å². The zero-order chi connectivity index (χ0) is 17.6. The van der Waals surface area contributed by atoms with Crippen LogP contribution in [0.1, 0.15) is 18.4 Å². The van der Waals surface area contributed by atoms with E-state index in [0.717, 1.165) is 18.4 Å². The van der Waals surface area contributed by atoms with Gasteiger partial charge in [0.1, 0.15) is 0 Å². The Labute approximate surface area is 143 Å². The Morgan fingerprint density at radius 2 is 2.08 bits per heavy atom. The number of benzene rings is 1. The first kappa shape index (κ1) is 18.3. The van der Waals surface area contributed by atoms with E-state index in [4.69, 9.17) is 6.42 Å². The molecular weight excluding hydrogens is 326 g/mol. The van der Waals surface area contributed by atoms with Crippen molar-refractivity contribution in [1.29, 1.82) is 0 Å². The summed E-state index contributed by atoms with van der Waals surface area (Å²) in [5.74, 6) is 2.46. The molecule has 0 bridgehead atoms. The van der Waals surface area contributed by atoms with Gasteiger partial charge in [-0.3, -0.25) is 0 Å². The number of nitrogens with zero attached hydrogens (tertiary/aromatic N) is 1. The Hall–Kier alpha value is -2.04. The van der Waals surface area contributed by atoms with E-state index in [1.165, 1.54) is 0 Å². The van der Waals surface area contributed by atoms with Crippen molar-refractivity contribution in [2.24, 2.45) is 5.92 Å². The highest BCUT2D eigenvalue weighted by atomic mass is 32.2. The number of hydrogen-bond acceptors (Lipinski definition) is 3. The minimum absolute atomic E-state index is 0.0931. The number of carbonyl (C=O) groups is 1. The first-order valence-electron chi connectivity index (χ1n) is 7.95. The summed E-state index contributed by atoms with van der Waals surface area (Å²) in [4.78, 5) is 13.9. The van der Waals surface area contributed by atoms with Gasteiger partial charge in [0, 0.05) is 19.6 Å². The lowest BCUT2D eigenvalue weighted by Gasteiger charge is -2.32. The van der Waals surface area contributed by atoms with Crippen LogP contribution in [0.25, 0.3) is 0 Å². The number of piperidine rings is 1. The summed E-state index contributed by atoms with van der Waals surface area (Å²) < 4.78 is 27.3. The van der Waals surface area contributed by atoms with Crippen LogP contribution < -0.4 is 10.0 Å². The molecule has 24 heavy (non-hydrogen) atoms. The van der Waals surface area contributed by atoms with E-state index in [2.05, 4.69) is 16.0 Å². The van der Waals surface area contributed by atoms with Gasteiger partial charge in [-0.15, -0.1) is 6.42 Å². The van der Waals surface area contributed by atoms with E-state index < -0.39 is 10.0 Å². The fourth-order valence-electron chi connectivity index (χ4n) is 2.68. The number of nitrogens with one attached hydrogen (secondary N) is 2. The predicted octanol–water partition coefficient (Wildman–Crippen LogP) is 1.33. The summed E-state index contributed by atoms with van der Waals surface area (Å²) in [5, 5.41) is 2.64. The topological polar surface area (TPSA) is 78.5 Å². The van der Waals surface area contributed by atoms with Gasteiger partial charge in [-0.05, 0) is 37.8 Å². The van der Waals surface area contributed by atoms with Gasteiger partial charge in [0.15, 0.2) is 0 Å². The van der Waals surface area contributed by atoms with Crippen molar-refractivity contribution < 1.29 is 13.2 Å². The Morgan fingerprint density at radius 3 is 2.75 bits per heavy atom. The fourth-order valence-corrected chi connectivity index (χ4v) is 3.80. The van der Waals surface area contributed by atoms with E-state index in [1.54, 1.807) is 29.2 Å². The van der Waals surface area contributed by atoms with Crippen molar-refractivity contribution in [3.8, 4) is 12.3 Å². The smallest absolute Gasteiger partial charge is 0.318 e. The van der Waals surface area contributed by atoms with Crippen molar-refractivity contribution in [3.05, 3.63) is 29.8 Å². The quantitative estimate of drug-likeness (QED) is 0.787. The summed E-state index contributed by atoms with van der Waals surface area (Å²) in [6.07, 6.45) is 6.87. The predicted molar refractivity (Wildman–Crippen MR) is 92.9 cm³/mol. The number of sulfonamides is 1. The number of urea groups is 1. The highest BCUT2D eigenvalue weighted by Gasteiger charge is 2.25. The van der Waals surface area contributed by atoms with Crippen molar-refractivity contribution >= 4 is 16.1 Å². The average Bonchev–Trinajstić information content (AvgIpc) is 2.58. The fraction of sp³-hybridized carbons (Fsp3) is 0.471. The molecule has 2 N–H and O–H groups in total. The summed E-state index contributed by atoms with van der Waals surface area (Å²) >= 11 is 0. The SMILES string of the molecule is C#CCNC(=O)N1CCC[C@H](CNS(=O)(=O)c2ccc(C)cc2)C1. The van der Waals surface area contributed by atoms with Crippen LogP contribution >= 0.6 is 0 Å². The lowest BCUT2D eigenvalue weighted by Crippen LogP contribution is -2.47. The number of likely N-dealkylation sites (tertiary alicyclic amines) is 1. The van der Waals surface area contributed by atoms with Gasteiger partial charge < -0.3 is 10.2 Å². The zero-order valence-corrected chi connectivity index (χ0v) is 14.6. The molecule has 1 aromatic rings. The number of aryl methyl sites for hydroxylation is 1. The molecule has 1 saturated heterocycles. The molecule has 0 saturated carbocycles. The van der Waals surface area contributed by atoms with Crippen molar-refractivity contribution in [2.75, 3.05) is 26.2 Å². The standard InChI is InChI=1S/C17H23N3O3S/c1-3-10-18-17(21)20-11-4-5-15(13-20)12-19-24(22,23)16-8-6-14(2)7-9-16/h1,6-9,15,19H,4-5,10-13H2,2H3,(H,18,21)/t15-/m1/s1. The highest BCUT2D eigenvalue weighted by molar-refractivity contribution is 7.89. The summed E-state index contributed by atoms with van der Waals surface area (Å²) in [6.45, 7) is 3.60. The van der Waals surface area contributed by atoms with Crippen LogP contribution in [0.15, 0.2) is 29.2 Å². The zero-order valence-electron chi connectivity index (χ0n) is 13.8. The van der Waals surface area contributed by atoms with Gasteiger partial charge in [0.25, 0.3) is 0 Å². The summed E-state index contributed by atoms with van der Waals surface area (Å²) in [5.41, 5.74) is 1.01. The van der Waals surface area contributed by atoms with E-state index in [0.29, 0.717) is 19.6 Å². The van der Waals surface area contributed by atoms with Crippen molar-refractivity contribution in [3.63, 3.8) is 0 Å². The van der Waals surface area contributed by atoms with Crippen molar-refractivity contribution in [2.45, 2.75) is 24.7 Å². The molecule has 1 heterocycles. The molecule has 6 nitrogen and oxygen atoms in total. The third-order valence-electron chi connectivity index (χ3n) is 4.04. The molecule has 7 heteroatoms. The van der Waals surface area contributed by atoms with Gasteiger partial charge in [0.2, 0.25) is 10.0 Å². The molecule has 0 unspecified atom stereocenters. The van der Waals surface area contributed by atoms with Gasteiger partial charge >= 0.3 is 6.03 Å². The molecule has 0 spiro atoms. The molecule has 1 aromatic carbocycles. The van der Waals surface area contributed by atoms with Crippen LogP contribution in [0.5, 0.6) is 0 Å². The summed E-state index contributed by atoms with van der Waals surface area (Å²) in [6, 6.07) is 6.54. The molecule has 1 aliphatic heterocycles. The number of rotatable bonds is 5. The Morgan fingerprint density at radius 1 is 1.38 bits per heavy atom. The lowest BCUT2D eigenvalue weighted by molar-refractivity contribution is 0.167. The first-order chi connectivity index (χ1) is 11.4. The van der Waals surface area contributed by atoms with E-state index in [-0.39, 0.29) is 23.4 Å². The first-order valence-corrected chi connectivity index (χ1v) is 9.43. The maximum Gasteiger partial charge on any atom is 0.318 e. The monoisotopic (exact) mass is 349 g/mol. The Kier molecular flexibility index (Phi) is 6.23. The molecule has 2 rings (SSSR count). The maximum absolute atomic E-state index is 12.3. The highest BCUT2D eigenvalue weighted by Crippen LogP contribution is 2.17. The second-order valence-corrected chi connectivity index (χ2v) is 7.75. The maximum atomic E-state index is 12.3. The van der Waals surface area contributed by atoms with Crippen molar-refractivity contribution in [1.82, 2.24) is 14.9 Å². The van der Waals surface area contributed by atoms with Gasteiger partial charge in [0.05, 0.1) is 11.4 Å². The molecule has 0 aliphatic carbocycles. The molecule has 1 fully saturated rings. The lowest BCUT2D eigenvalue weighted by atomic mass is 9.99. The second kappa shape index (κ2) is 8.18. The molecule has 1 atom stereocenters. The van der Waals surface area contributed by atoms with Crippen LogP contribution in [-0.2, 0) is 10.0 Å². The summed E-state index contributed by atoms with van der Waals surface area (Å²) in [7, 11) is -3.52. The molecule has 0 radical (unpaired) electrons. The number of hydrogen-bond donors (Lipinski definition) is 2. The molecule has 1 aliphatic rings. The van der Waals surface area contributed by atoms with Crippen LogP contribution in [0.4, 0.5) is 4.79 Å². The number of carbonyl (C=O) groups excluding carboxylic acids is 1. The van der Waals surface area contributed by atoms with Gasteiger partial charge in [-0.2, -0.15) is 0 Å². The molecule has 130 valence electrons. The molecule has 2 amide bonds. The minimum atomic E-state index is -3.52. The molecular formula is C17H23N3O3S. The van der Waals surface area contributed by atoms with Crippen LogP contribution in [0.2, 0.25) is 0 Å². The van der Waals surface area contributed by atoms with Gasteiger partial charge in [-0.25, -0.2) is 17.9 Å². The Bertz CT molecular complexity index is 708. The molecule has 0 aromatic heterocycles. The van der Waals surface area contributed by atoms with Crippen LogP contribution in [-0.4, -0.2) is 45.5 Å². The number of amides is 2.